The lowest BCUT2D eigenvalue weighted by Gasteiger charge is -2.19. The molecule has 0 atom stereocenters. The molecule has 0 spiro atoms. The van der Waals surface area contributed by atoms with E-state index in [1.807, 2.05) is 0 Å². The molecule has 0 fully saturated rings. The summed E-state index contributed by atoms with van der Waals surface area (Å²) in [5, 5.41) is 20.6. The third-order valence-electron chi connectivity index (χ3n) is 14.1. The van der Waals surface area contributed by atoms with Crippen LogP contribution in [0.3, 0.4) is 0 Å². The molecule has 0 heteroatoms. The predicted octanol–water partition coefficient (Wildman–Crippen LogP) is 18.1. The Morgan fingerprint density at radius 3 is 1.02 bits per heavy atom. The van der Waals surface area contributed by atoms with Crippen molar-refractivity contribution in [2.45, 2.75) is 0 Å². The quantitative estimate of drug-likeness (QED) is 0.120. The molecule has 0 aliphatic rings. The molecule has 0 aliphatic heterocycles. The van der Waals surface area contributed by atoms with Crippen LogP contribution in [0.2, 0.25) is 0 Å². The number of fused-ring (bicyclic) bond motifs is 2. The van der Waals surface area contributed by atoms with Gasteiger partial charge in [0.05, 0.1) is 0 Å². The van der Waals surface area contributed by atoms with Crippen LogP contribution < -0.4 is 0 Å². The van der Waals surface area contributed by atoms with Gasteiger partial charge in [0.15, 0.2) is 0 Å². The van der Waals surface area contributed by atoms with Gasteiger partial charge >= 0.3 is 0 Å². The predicted molar refractivity (Wildman–Crippen MR) is 276 cm³/mol. The highest BCUT2D eigenvalue weighted by Crippen LogP contribution is 2.47. The number of rotatable bonds is 5. The second kappa shape index (κ2) is 13.6. The summed E-state index contributed by atoms with van der Waals surface area (Å²) in [7, 11) is 0. The molecule has 0 aliphatic carbocycles. The van der Waals surface area contributed by atoms with E-state index in [0.29, 0.717) is 0 Å². The van der Waals surface area contributed by atoms with Gasteiger partial charge in [-0.3, -0.25) is 0 Å². The van der Waals surface area contributed by atoms with E-state index < -0.39 is 0 Å². The Labute approximate surface area is 370 Å². The highest BCUT2D eigenvalue weighted by Gasteiger charge is 2.20. The fraction of sp³-hybridized carbons (Fsp3) is 0. The first-order chi connectivity index (χ1) is 31.7. The van der Waals surface area contributed by atoms with Crippen LogP contribution in [0.5, 0.6) is 0 Å². The van der Waals surface area contributed by atoms with Gasteiger partial charge in [0.1, 0.15) is 0 Å². The molecule has 0 radical (unpaired) electrons. The van der Waals surface area contributed by atoms with Crippen molar-refractivity contribution < 1.29 is 0 Å². The Bertz CT molecular complexity index is 3920. The zero-order chi connectivity index (χ0) is 41.9. The molecule has 0 saturated carbocycles. The molecule has 0 N–H and O–H groups in total. The number of benzene rings is 14. The van der Waals surface area contributed by atoms with Gasteiger partial charge in [-0.25, -0.2) is 0 Å². The molecule has 0 saturated heterocycles. The van der Waals surface area contributed by atoms with Crippen LogP contribution in [0.25, 0.3) is 142 Å². The molecule has 14 aromatic carbocycles. The molecular weight excluding hydrogens is 769 g/mol. The Kier molecular flexibility index (Phi) is 7.49. The van der Waals surface area contributed by atoms with Gasteiger partial charge < -0.3 is 0 Å². The fourth-order valence-electron chi connectivity index (χ4n) is 11.3. The van der Waals surface area contributed by atoms with Crippen LogP contribution in [-0.4, -0.2) is 0 Å². The summed E-state index contributed by atoms with van der Waals surface area (Å²) < 4.78 is 0. The summed E-state index contributed by atoms with van der Waals surface area (Å²) >= 11 is 0. The van der Waals surface area contributed by atoms with Gasteiger partial charge in [-0.2, -0.15) is 0 Å². The summed E-state index contributed by atoms with van der Waals surface area (Å²) in [4.78, 5) is 0. The normalized spacial score (nSPS) is 12.1. The van der Waals surface area contributed by atoms with Crippen LogP contribution in [0.15, 0.2) is 231 Å². The SMILES string of the molecule is c1ccc(-c2c3ccccc3c(-c3cccc(-c4cc(-c5ccc6ccc7cccc8ccc5c6c78)cc(-c5ccc6ccc7cccc8ccc5c6c78)c4)c3)c3ccccc23)cc1. The summed E-state index contributed by atoms with van der Waals surface area (Å²) in [6.45, 7) is 0. The standard InChI is InChI=1S/C64H38/c1-2-11-39(12-3-1)61-53-19-4-6-21-55(53)62(56-22-7-5-20-54(56)61)47-18-10-17-46(35-47)48-36-49(51-31-27-44-25-23-40-13-8-15-42-29-33-57(51)63(44)59(40)42)38-50(37-48)52-32-28-45-26-24-41-14-9-16-43-30-34-58(52)64(45)60(41)43/h1-38H. The van der Waals surface area contributed by atoms with Gasteiger partial charge in [-0.15, -0.1) is 0 Å². The van der Waals surface area contributed by atoms with Gasteiger partial charge in [0.25, 0.3) is 0 Å². The highest BCUT2D eigenvalue weighted by molar-refractivity contribution is 6.27. The molecule has 0 nitrogen and oxygen atoms in total. The first-order valence-corrected chi connectivity index (χ1v) is 22.3. The maximum atomic E-state index is 2.44. The van der Waals surface area contributed by atoms with E-state index in [1.54, 1.807) is 0 Å². The molecule has 14 rings (SSSR count). The van der Waals surface area contributed by atoms with E-state index >= 15 is 0 Å². The molecule has 0 heterocycles. The van der Waals surface area contributed by atoms with E-state index in [2.05, 4.69) is 231 Å². The Hall–Kier alpha value is -8.32. The van der Waals surface area contributed by atoms with E-state index in [9.17, 15) is 0 Å². The van der Waals surface area contributed by atoms with E-state index in [4.69, 9.17) is 0 Å². The van der Waals surface area contributed by atoms with Gasteiger partial charge in [0.2, 0.25) is 0 Å². The third kappa shape index (κ3) is 5.17. The Morgan fingerprint density at radius 2 is 0.516 bits per heavy atom. The van der Waals surface area contributed by atoms with Crippen LogP contribution in [0.1, 0.15) is 0 Å². The molecule has 294 valence electrons. The summed E-state index contributed by atoms with van der Waals surface area (Å²) in [6.07, 6.45) is 0. The van der Waals surface area contributed by atoms with Crippen LogP contribution in [0.4, 0.5) is 0 Å². The van der Waals surface area contributed by atoms with Crippen molar-refractivity contribution in [3.05, 3.63) is 231 Å². The van der Waals surface area contributed by atoms with E-state index in [-0.39, 0.29) is 0 Å². The minimum absolute atomic E-state index is 1.19. The van der Waals surface area contributed by atoms with Crippen molar-refractivity contribution in [3.63, 3.8) is 0 Å². The molecular formula is C64H38. The number of hydrogen-bond donors (Lipinski definition) is 0. The van der Waals surface area contributed by atoms with E-state index in [0.717, 1.165) is 0 Å². The second-order valence-electron chi connectivity index (χ2n) is 17.5. The van der Waals surface area contributed by atoms with Crippen LogP contribution in [-0.2, 0) is 0 Å². The topological polar surface area (TPSA) is 0 Å². The lowest BCUT2D eigenvalue weighted by atomic mass is 9.84. The molecule has 14 aromatic rings. The average Bonchev–Trinajstić information content (AvgIpc) is 3.36. The van der Waals surface area contributed by atoms with Crippen molar-refractivity contribution in [3.8, 4) is 55.6 Å². The lowest BCUT2D eigenvalue weighted by molar-refractivity contribution is 1.59. The monoisotopic (exact) mass is 806 g/mol. The van der Waals surface area contributed by atoms with Crippen LogP contribution >= 0.6 is 0 Å². The summed E-state index contributed by atoms with van der Waals surface area (Å²) in [5.74, 6) is 0. The van der Waals surface area contributed by atoms with Crippen molar-refractivity contribution >= 4 is 86.2 Å². The minimum Gasteiger partial charge on any atom is -0.0622 e. The molecule has 0 bridgehead atoms. The molecule has 64 heavy (non-hydrogen) atoms. The van der Waals surface area contributed by atoms with Crippen molar-refractivity contribution in [2.24, 2.45) is 0 Å². The second-order valence-corrected chi connectivity index (χ2v) is 17.5. The first kappa shape index (κ1) is 35.3. The fourth-order valence-corrected chi connectivity index (χ4v) is 11.3. The summed E-state index contributed by atoms with van der Waals surface area (Å²) in [5.41, 5.74) is 12.3. The summed E-state index contributed by atoms with van der Waals surface area (Å²) in [6, 6.07) is 86.4. The molecule has 0 unspecified atom stereocenters. The van der Waals surface area contributed by atoms with Crippen molar-refractivity contribution in [1.29, 1.82) is 0 Å². The zero-order valence-electron chi connectivity index (χ0n) is 34.9. The maximum absolute atomic E-state index is 2.44. The van der Waals surface area contributed by atoms with Gasteiger partial charge in [-0.1, -0.05) is 206 Å². The highest BCUT2D eigenvalue weighted by atomic mass is 14.2. The lowest BCUT2D eigenvalue weighted by Crippen LogP contribution is -1.92. The third-order valence-corrected chi connectivity index (χ3v) is 14.1. The van der Waals surface area contributed by atoms with Crippen LogP contribution in [0, 0.1) is 0 Å². The maximum Gasteiger partial charge on any atom is -0.00206 e. The molecule has 0 aromatic heterocycles. The number of hydrogen-bond acceptors (Lipinski definition) is 0. The van der Waals surface area contributed by atoms with Crippen molar-refractivity contribution in [2.75, 3.05) is 0 Å². The van der Waals surface area contributed by atoms with Gasteiger partial charge in [-0.05, 0) is 166 Å². The minimum atomic E-state index is 1.19. The largest absolute Gasteiger partial charge is 0.0622 e. The zero-order valence-corrected chi connectivity index (χ0v) is 34.9. The molecule has 0 amide bonds. The van der Waals surface area contributed by atoms with E-state index in [1.165, 1.54) is 142 Å². The average molecular weight is 807 g/mol. The smallest absolute Gasteiger partial charge is 0.00206 e. The Balaban J connectivity index is 1.03. The first-order valence-electron chi connectivity index (χ1n) is 22.3. The van der Waals surface area contributed by atoms with Gasteiger partial charge in [0, 0.05) is 0 Å². The van der Waals surface area contributed by atoms with Crippen molar-refractivity contribution in [1.82, 2.24) is 0 Å². The Morgan fingerprint density at radius 1 is 0.172 bits per heavy atom.